The van der Waals surface area contributed by atoms with Gasteiger partial charge in [-0.2, -0.15) is 0 Å². The van der Waals surface area contributed by atoms with Crippen molar-refractivity contribution in [3.8, 4) is 11.4 Å². The van der Waals surface area contributed by atoms with Gasteiger partial charge in [0, 0.05) is 12.1 Å². The molecule has 142 valence electrons. The molecule has 1 aliphatic heterocycles. The molecule has 0 unspecified atom stereocenters. The zero-order valence-electron chi connectivity index (χ0n) is 15.1. The molecule has 2 amide bonds. The van der Waals surface area contributed by atoms with E-state index >= 15 is 0 Å². The number of ether oxygens (including phenoxy) is 1. The molecule has 28 heavy (non-hydrogen) atoms. The Labute approximate surface area is 160 Å². The van der Waals surface area contributed by atoms with Crippen molar-refractivity contribution in [2.24, 2.45) is 0 Å². The Morgan fingerprint density at radius 2 is 2.07 bits per heavy atom. The Morgan fingerprint density at radius 3 is 2.86 bits per heavy atom. The number of nitrogens with one attached hydrogen (secondary N) is 2. The van der Waals surface area contributed by atoms with Crippen LogP contribution in [-0.4, -0.2) is 44.7 Å². The number of amides is 2. The Hall–Kier alpha value is -3.75. The van der Waals surface area contributed by atoms with Crippen LogP contribution in [0.25, 0.3) is 5.69 Å². The summed E-state index contributed by atoms with van der Waals surface area (Å²) in [6.45, 7) is 2.09. The zero-order chi connectivity index (χ0) is 19.5. The maximum absolute atomic E-state index is 12.3. The van der Waals surface area contributed by atoms with Gasteiger partial charge < -0.3 is 15.4 Å². The SMILES string of the molecule is Cc1ccc(-n2cnnn2)cc1NC(=O)C(=O)NC[C@@H]1Cc2ccccc2O1. The highest BCUT2D eigenvalue weighted by Gasteiger charge is 2.24. The van der Waals surface area contributed by atoms with Crippen molar-refractivity contribution in [2.45, 2.75) is 19.4 Å². The van der Waals surface area contributed by atoms with E-state index in [9.17, 15) is 9.59 Å². The molecular weight excluding hydrogens is 360 g/mol. The van der Waals surface area contributed by atoms with E-state index in [4.69, 9.17) is 4.74 Å². The molecule has 1 aliphatic rings. The number of hydrogen-bond acceptors (Lipinski definition) is 6. The van der Waals surface area contributed by atoms with Crippen LogP contribution in [0.15, 0.2) is 48.8 Å². The van der Waals surface area contributed by atoms with Crippen LogP contribution in [0.1, 0.15) is 11.1 Å². The highest BCUT2D eigenvalue weighted by molar-refractivity contribution is 6.39. The number of carbonyl (C=O) groups excluding carboxylic acids is 2. The highest BCUT2D eigenvalue weighted by atomic mass is 16.5. The quantitative estimate of drug-likeness (QED) is 0.656. The number of aromatic nitrogens is 4. The van der Waals surface area contributed by atoms with Crippen LogP contribution < -0.4 is 15.4 Å². The predicted octanol–water partition coefficient (Wildman–Crippen LogP) is 1.03. The molecule has 1 aromatic heterocycles. The van der Waals surface area contributed by atoms with E-state index in [-0.39, 0.29) is 12.6 Å². The topological polar surface area (TPSA) is 111 Å². The molecule has 0 spiro atoms. The van der Waals surface area contributed by atoms with Crippen molar-refractivity contribution in [3.05, 3.63) is 59.9 Å². The van der Waals surface area contributed by atoms with Gasteiger partial charge in [0.05, 0.1) is 12.2 Å². The average molecular weight is 378 g/mol. The van der Waals surface area contributed by atoms with Gasteiger partial charge in [0.2, 0.25) is 0 Å². The number of hydrogen-bond donors (Lipinski definition) is 2. The fourth-order valence-corrected chi connectivity index (χ4v) is 3.00. The number of aryl methyl sites for hydroxylation is 1. The van der Waals surface area contributed by atoms with Gasteiger partial charge in [-0.15, -0.1) is 5.10 Å². The van der Waals surface area contributed by atoms with E-state index < -0.39 is 11.8 Å². The lowest BCUT2D eigenvalue weighted by Gasteiger charge is -2.13. The molecule has 2 N–H and O–H groups in total. The normalized spacial score (nSPS) is 14.8. The van der Waals surface area contributed by atoms with E-state index in [2.05, 4.69) is 26.2 Å². The van der Waals surface area contributed by atoms with Crippen molar-refractivity contribution in [3.63, 3.8) is 0 Å². The summed E-state index contributed by atoms with van der Waals surface area (Å²) < 4.78 is 7.23. The Balaban J connectivity index is 1.35. The molecule has 2 heterocycles. The third-order valence-corrected chi connectivity index (χ3v) is 4.49. The number of rotatable bonds is 4. The van der Waals surface area contributed by atoms with Gasteiger partial charge in [0.15, 0.2) is 0 Å². The Bertz CT molecular complexity index is 993. The van der Waals surface area contributed by atoms with E-state index in [0.29, 0.717) is 17.8 Å². The second-order valence-corrected chi connectivity index (χ2v) is 6.47. The van der Waals surface area contributed by atoms with Gasteiger partial charge in [-0.1, -0.05) is 24.3 Å². The zero-order valence-corrected chi connectivity index (χ0v) is 15.1. The molecule has 0 saturated carbocycles. The molecule has 4 rings (SSSR count). The van der Waals surface area contributed by atoms with E-state index in [1.165, 1.54) is 11.0 Å². The molecule has 0 saturated heterocycles. The van der Waals surface area contributed by atoms with Crippen molar-refractivity contribution < 1.29 is 14.3 Å². The van der Waals surface area contributed by atoms with Crippen molar-refractivity contribution in [1.82, 2.24) is 25.5 Å². The van der Waals surface area contributed by atoms with Gasteiger partial charge in [-0.3, -0.25) is 9.59 Å². The average Bonchev–Trinajstić information content (AvgIpc) is 3.37. The van der Waals surface area contributed by atoms with Crippen molar-refractivity contribution in [1.29, 1.82) is 0 Å². The summed E-state index contributed by atoms with van der Waals surface area (Å²) in [4.78, 5) is 24.5. The number of carbonyl (C=O) groups is 2. The summed E-state index contributed by atoms with van der Waals surface area (Å²) in [7, 11) is 0. The molecular formula is C19H18N6O3. The number of tetrazole rings is 1. The highest BCUT2D eigenvalue weighted by Crippen LogP contribution is 2.27. The summed E-state index contributed by atoms with van der Waals surface area (Å²) in [6.07, 6.45) is 1.97. The van der Waals surface area contributed by atoms with Crippen LogP contribution >= 0.6 is 0 Å². The van der Waals surface area contributed by atoms with Crippen molar-refractivity contribution in [2.75, 3.05) is 11.9 Å². The second kappa shape index (κ2) is 7.47. The first kappa shape index (κ1) is 17.7. The number of nitrogens with zero attached hydrogens (tertiary/aromatic N) is 4. The summed E-state index contributed by atoms with van der Waals surface area (Å²) in [6, 6.07) is 13.1. The smallest absolute Gasteiger partial charge is 0.313 e. The standard InChI is InChI=1S/C19H18N6O3/c1-12-6-7-14(25-11-21-23-24-25)9-16(12)22-19(27)18(26)20-10-15-8-13-4-2-3-5-17(13)28-15/h2-7,9,11,15H,8,10H2,1H3,(H,20,26)(H,22,27)/t15-/m0/s1. The summed E-state index contributed by atoms with van der Waals surface area (Å²) in [5, 5.41) is 16.2. The minimum absolute atomic E-state index is 0.181. The first-order valence-corrected chi connectivity index (χ1v) is 8.78. The van der Waals surface area contributed by atoms with Crippen LogP contribution in [0, 0.1) is 6.92 Å². The molecule has 2 aromatic carbocycles. The summed E-state index contributed by atoms with van der Waals surface area (Å²) in [5.74, 6) is -0.638. The first-order chi connectivity index (χ1) is 13.6. The fourth-order valence-electron chi connectivity index (χ4n) is 3.00. The van der Waals surface area contributed by atoms with Crippen LogP contribution in [0.2, 0.25) is 0 Å². The van der Waals surface area contributed by atoms with Gasteiger partial charge in [-0.25, -0.2) is 4.68 Å². The Morgan fingerprint density at radius 1 is 1.21 bits per heavy atom. The monoisotopic (exact) mass is 378 g/mol. The van der Waals surface area contributed by atoms with Crippen molar-refractivity contribution >= 4 is 17.5 Å². The number of para-hydroxylation sites is 1. The predicted molar refractivity (Wildman–Crippen MR) is 100 cm³/mol. The summed E-state index contributed by atoms with van der Waals surface area (Å²) in [5.41, 5.74) is 3.09. The molecule has 9 nitrogen and oxygen atoms in total. The lowest BCUT2D eigenvalue weighted by Crippen LogP contribution is -2.40. The number of benzene rings is 2. The van der Waals surface area contributed by atoms with Gasteiger partial charge >= 0.3 is 11.8 Å². The third kappa shape index (κ3) is 3.68. The maximum Gasteiger partial charge on any atom is 0.313 e. The lowest BCUT2D eigenvalue weighted by atomic mass is 10.1. The van der Waals surface area contributed by atoms with E-state index in [1.54, 1.807) is 6.07 Å². The van der Waals surface area contributed by atoms with Crippen LogP contribution in [0.3, 0.4) is 0 Å². The van der Waals surface area contributed by atoms with Gasteiger partial charge in [0.1, 0.15) is 18.2 Å². The van der Waals surface area contributed by atoms with Crippen LogP contribution in [0.4, 0.5) is 5.69 Å². The van der Waals surface area contributed by atoms with Gasteiger partial charge in [-0.05, 0) is 46.7 Å². The lowest BCUT2D eigenvalue weighted by molar-refractivity contribution is -0.136. The molecule has 0 radical (unpaired) electrons. The molecule has 0 aliphatic carbocycles. The first-order valence-electron chi connectivity index (χ1n) is 8.78. The van der Waals surface area contributed by atoms with Crippen LogP contribution in [0.5, 0.6) is 5.75 Å². The summed E-state index contributed by atoms with van der Waals surface area (Å²) >= 11 is 0. The number of fused-ring (bicyclic) bond motifs is 1. The molecule has 0 bridgehead atoms. The molecule has 3 aromatic rings. The third-order valence-electron chi connectivity index (χ3n) is 4.49. The molecule has 9 heteroatoms. The maximum atomic E-state index is 12.3. The largest absolute Gasteiger partial charge is 0.488 e. The molecule has 1 atom stereocenters. The molecule has 0 fully saturated rings. The Kier molecular flexibility index (Phi) is 4.71. The number of anilines is 1. The van der Waals surface area contributed by atoms with E-state index in [1.807, 2.05) is 43.3 Å². The van der Waals surface area contributed by atoms with Gasteiger partial charge in [0.25, 0.3) is 0 Å². The fraction of sp³-hybridized carbons (Fsp3) is 0.211. The minimum atomic E-state index is -0.743. The van der Waals surface area contributed by atoms with E-state index in [0.717, 1.165) is 16.9 Å². The van der Waals surface area contributed by atoms with Crippen LogP contribution in [-0.2, 0) is 16.0 Å². The second-order valence-electron chi connectivity index (χ2n) is 6.47. The minimum Gasteiger partial charge on any atom is -0.488 e.